The summed E-state index contributed by atoms with van der Waals surface area (Å²) in [6, 6.07) is 11.9. The van der Waals surface area contributed by atoms with Crippen LogP contribution < -0.4 is 0 Å². The van der Waals surface area contributed by atoms with Crippen molar-refractivity contribution >= 4 is 17.3 Å². The lowest BCUT2D eigenvalue weighted by Crippen LogP contribution is -2.09. The number of esters is 1. The van der Waals surface area contributed by atoms with Crippen LogP contribution in [0.2, 0.25) is 0 Å². The SMILES string of the molecule is C[C@@H](OC(=O)c1ccc(C#N)cc1)c1nnc(-c2cccs2)o1. The van der Waals surface area contributed by atoms with Gasteiger partial charge in [-0.15, -0.1) is 21.5 Å². The van der Waals surface area contributed by atoms with Crippen molar-refractivity contribution in [3.63, 3.8) is 0 Å². The van der Waals surface area contributed by atoms with Crippen molar-refractivity contribution < 1.29 is 13.9 Å². The van der Waals surface area contributed by atoms with E-state index in [0.717, 1.165) is 4.88 Å². The Labute approximate surface area is 136 Å². The number of nitriles is 1. The van der Waals surface area contributed by atoms with E-state index in [1.165, 1.54) is 11.3 Å². The third kappa shape index (κ3) is 3.27. The molecule has 0 bridgehead atoms. The van der Waals surface area contributed by atoms with Crippen LogP contribution in [0.25, 0.3) is 10.8 Å². The third-order valence-electron chi connectivity index (χ3n) is 3.05. The van der Waals surface area contributed by atoms with Gasteiger partial charge in [-0.2, -0.15) is 5.26 Å². The zero-order chi connectivity index (χ0) is 16.2. The Morgan fingerprint density at radius 1 is 1.30 bits per heavy atom. The van der Waals surface area contributed by atoms with Crippen molar-refractivity contribution in [2.24, 2.45) is 0 Å². The number of aromatic nitrogens is 2. The second kappa shape index (κ2) is 6.42. The molecule has 0 saturated heterocycles. The van der Waals surface area contributed by atoms with Gasteiger partial charge < -0.3 is 9.15 Å². The highest BCUT2D eigenvalue weighted by molar-refractivity contribution is 7.13. The minimum atomic E-state index is -0.667. The fourth-order valence-corrected chi connectivity index (χ4v) is 2.50. The molecule has 2 aromatic heterocycles. The van der Waals surface area contributed by atoms with Crippen LogP contribution in [0.5, 0.6) is 0 Å². The maximum absolute atomic E-state index is 12.1. The molecule has 2 heterocycles. The van der Waals surface area contributed by atoms with Crippen molar-refractivity contribution in [3.8, 4) is 16.8 Å². The van der Waals surface area contributed by atoms with E-state index in [-0.39, 0.29) is 5.89 Å². The quantitative estimate of drug-likeness (QED) is 0.681. The molecular weight excluding hydrogens is 314 g/mol. The Balaban J connectivity index is 1.70. The number of benzene rings is 1. The molecule has 0 saturated carbocycles. The van der Waals surface area contributed by atoms with Crippen LogP contribution in [-0.4, -0.2) is 16.2 Å². The number of hydrogen-bond donors (Lipinski definition) is 0. The molecule has 0 fully saturated rings. The van der Waals surface area contributed by atoms with Gasteiger partial charge in [-0.05, 0) is 42.6 Å². The smallest absolute Gasteiger partial charge is 0.338 e. The predicted octanol–water partition coefficient (Wildman–Crippen LogP) is 3.59. The van der Waals surface area contributed by atoms with Crippen LogP contribution in [0.4, 0.5) is 0 Å². The molecule has 0 aliphatic heterocycles. The zero-order valence-corrected chi connectivity index (χ0v) is 12.9. The highest BCUT2D eigenvalue weighted by atomic mass is 32.1. The molecule has 0 amide bonds. The number of rotatable bonds is 4. The molecule has 0 spiro atoms. The van der Waals surface area contributed by atoms with Crippen LogP contribution in [0, 0.1) is 11.3 Å². The van der Waals surface area contributed by atoms with E-state index in [1.54, 1.807) is 31.2 Å². The monoisotopic (exact) mass is 325 g/mol. The molecule has 7 heteroatoms. The molecule has 23 heavy (non-hydrogen) atoms. The second-order valence-corrected chi connectivity index (χ2v) is 5.61. The van der Waals surface area contributed by atoms with E-state index >= 15 is 0 Å². The molecule has 1 atom stereocenters. The first-order valence-corrected chi connectivity index (χ1v) is 7.64. The van der Waals surface area contributed by atoms with Gasteiger partial charge in [0.2, 0.25) is 0 Å². The van der Waals surface area contributed by atoms with Gasteiger partial charge in [0.15, 0.2) is 6.10 Å². The number of thiophene rings is 1. The topological polar surface area (TPSA) is 89.0 Å². The summed E-state index contributed by atoms with van der Waals surface area (Å²) in [4.78, 5) is 12.9. The molecule has 3 rings (SSSR count). The van der Waals surface area contributed by atoms with Gasteiger partial charge in [0, 0.05) is 0 Å². The van der Waals surface area contributed by atoms with Gasteiger partial charge in [-0.1, -0.05) is 6.07 Å². The number of hydrogen-bond acceptors (Lipinski definition) is 7. The zero-order valence-electron chi connectivity index (χ0n) is 12.1. The molecule has 0 radical (unpaired) electrons. The largest absolute Gasteiger partial charge is 0.449 e. The molecule has 114 valence electrons. The summed E-state index contributed by atoms with van der Waals surface area (Å²) in [6.45, 7) is 1.66. The van der Waals surface area contributed by atoms with Gasteiger partial charge in [0.1, 0.15) is 0 Å². The standard InChI is InChI=1S/C16H11N3O3S/c1-10(14-18-19-15(22-14)13-3-2-8-23-13)21-16(20)12-6-4-11(9-17)5-7-12/h2-8,10H,1H3/t10-/m1/s1. The Morgan fingerprint density at radius 2 is 2.09 bits per heavy atom. The van der Waals surface area contributed by atoms with Crippen LogP contribution in [0.15, 0.2) is 46.2 Å². The normalized spacial score (nSPS) is 11.7. The molecule has 6 nitrogen and oxygen atoms in total. The van der Waals surface area contributed by atoms with Crippen molar-refractivity contribution in [1.82, 2.24) is 10.2 Å². The number of nitrogens with zero attached hydrogens (tertiary/aromatic N) is 3. The fourth-order valence-electron chi connectivity index (χ4n) is 1.86. The molecule has 3 aromatic rings. The van der Waals surface area contributed by atoms with Gasteiger partial charge in [0.05, 0.1) is 22.1 Å². The summed E-state index contributed by atoms with van der Waals surface area (Å²) in [6.07, 6.45) is -0.667. The van der Waals surface area contributed by atoms with Gasteiger partial charge in [-0.3, -0.25) is 0 Å². The number of carbonyl (C=O) groups excluding carboxylic acids is 1. The lowest BCUT2D eigenvalue weighted by molar-refractivity contribution is 0.0280. The summed E-state index contributed by atoms with van der Waals surface area (Å²) in [5.41, 5.74) is 0.834. The summed E-state index contributed by atoms with van der Waals surface area (Å²) in [5.74, 6) is 0.115. The van der Waals surface area contributed by atoms with E-state index in [2.05, 4.69) is 10.2 Å². The Bertz CT molecular complexity index is 848. The molecule has 0 aliphatic rings. The summed E-state index contributed by atoms with van der Waals surface area (Å²) < 4.78 is 10.8. The Morgan fingerprint density at radius 3 is 2.74 bits per heavy atom. The second-order valence-electron chi connectivity index (χ2n) is 4.66. The van der Waals surface area contributed by atoms with Crippen LogP contribution >= 0.6 is 11.3 Å². The first kappa shape index (κ1) is 14.9. The van der Waals surface area contributed by atoms with Gasteiger partial charge in [0.25, 0.3) is 11.8 Å². The first-order valence-electron chi connectivity index (χ1n) is 6.76. The molecule has 0 unspecified atom stereocenters. The third-order valence-corrected chi connectivity index (χ3v) is 3.91. The van der Waals surface area contributed by atoms with E-state index in [4.69, 9.17) is 14.4 Å². The fraction of sp³-hybridized carbons (Fsp3) is 0.125. The van der Waals surface area contributed by atoms with Crippen LogP contribution in [-0.2, 0) is 4.74 Å². The van der Waals surface area contributed by atoms with Crippen molar-refractivity contribution in [1.29, 1.82) is 5.26 Å². The summed E-state index contributed by atoms with van der Waals surface area (Å²) in [7, 11) is 0. The minimum Gasteiger partial charge on any atom is -0.449 e. The molecular formula is C16H11N3O3S. The Kier molecular flexibility index (Phi) is 4.17. The average molecular weight is 325 g/mol. The average Bonchev–Trinajstić information content (AvgIpc) is 3.25. The lowest BCUT2D eigenvalue weighted by Gasteiger charge is -2.09. The van der Waals surface area contributed by atoms with E-state index in [0.29, 0.717) is 17.0 Å². The first-order chi connectivity index (χ1) is 11.2. The van der Waals surface area contributed by atoms with E-state index in [1.807, 2.05) is 23.6 Å². The van der Waals surface area contributed by atoms with Crippen LogP contribution in [0.3, 0.4) is 0 Å². The maximum atomic E-state index is 12.1. The molecule has 0 aliphatic carbocycles. The van der Waals surface area contributed by atoms with E-state index in [9.17, 15) is 4.79 Å². The Hall–Kier alpha value is -2.98. The summed E-state index contributed by atoms with van der Waals surface area (Å²) in [5, 5.41) is 18.5. The van der Waals surface area contributed by atoms with Crippen molar-refractivity contribution in [3.05, 3.63) is 58.8 Å². The summed E-state index contributed by atoms with van der Waals surface area (Å²) >= 11 is 1.48. The maximum Gasteiger partial charge on any atom is 0.338 e. The van der Waals surface area contributed by atoms with Crippen molar-refractivity contribution in [2.75, 3.05) is 0 Å². The predicted molar refractivity (Wildman–Crippen MR) is 82.6 cm³/mol. The highest BCUT2D eigenvalue weighted by Crippen LogP contribution is 2.26. The molecule has 1 aromatic carbocycles. The number of carbonyl (C=O) groups is 1. The molecule has 0 N–H and O–H groups in total. The van der Waals surface area contributed by atoms with E-state index < -0.39 is 12.1 Å². The minimum absolute atomic E-state index is 0.232. The van der Waals surface area contributed by atoms with Gasteiger partial charge >= 0.3 is 5.97 Å². The lowest BCUT2D eigenvalue weighted by atomic mass is 10.1. The van der Waals surface area contributed by atoms with Crippen LogP contribution in [0.1, 0.15) is 34.8 Å². The number of ether oxygens (including phenoxy) is 1. The van der Waals surface area contributed by atoms with Crippen molar-refractivity contribution in [2.45, 2.75) is 13.0 Å². The highest BCUT2D eigenvalue weighted by Gasteiger charge is 2.20. The van der Waals surface area contributed by atoms with Gasteiger partial charge in [-0.25, -0.2) is 4.79 Å².